The second-order valence-corrected chi connectivity index (χ2v) is 5.50. The smallest absolute Gasteiger partial charge is 0.303 e. The number of fused-ring (bicyclic) bond motifs is 1. The van der Waals surface area contributed by atoms with E-state index in [1.165, 1.54) is 24.2 Å². The molecule has 2 heterocycles. The van der Waals surface area contributed by atoms with E-state index in [2.05, 4.69) is 15.3 Å². The zero-order valence-electron chi connectivity index (χ0n) is 9.72. The summed E-state index contributed by atoms with van der Waals surface area (Å²) >= 11 is 1.48. The molecule has 0 saturated heterocycles. The van der Waals surface area contributed by atoms with Crippen molar-refractivity contribution in [3.05, 3.63) is 17.1 Å². The van der Waals surface area contributed by atoms with E-state index in [0.717, 1.165) is 21.2 Å². The highest BCUT2D eigenvalue weighted by molar-refractivity contribution is 7.18. The van der Waals surface area contributed by atoms with Gasteiger partial charge in [0.15, 0.2) is 0 Å². The van der Waals surface area contributed by atoms with E-state index in [0.29, 0.717) is 12.5 Å². The number of aliphatic carboxylic acids is 1. The summed E-state index contributed by atoms with van der Waals surface area (Å²) in [5.41, 5.74) is 0.849. The molecule has 3 rings (SSSR count). The molecular weight excluding hydrogens is 250 g/mol. The van der Waals surface area contributed by atoms with Crippen LogP contribution in [0.25, 0.3) is 10.3 Å². The Kier molecular flexibility index (Phi) is 2.87. The summed E-state index contributed by atoms with van der Waals surface area (Å²) in [5.74, 6) is 0.0942. The van der Waals surface area contributed by atoms with Gasteiger partial charge in [0.2, 0.25) is 0 Å². The number of nitrogens with zero attached hydrogens (tertiary/aromatic N) is 2. The second kappa shape index (κ2) is 4.53. The lowest BCUT2D eigenvalue weighted by Gasteiger charge is -2.01. The first-order chi connectivity index (χ1) is 8.70. The zero-order chi connectivity index (χ0) is 12.5. The van der Waals surface area contributed by atoms with Crippen LogP contribution in [0.15, 0.2) is 12.1 Å². The highest BCUT2D eigenvalue weighted by Gasteiger charge is 2.21. The van der Waals surface area contributed by atoms with Crippen molar-refractivity contribution in [2.45, 2.75) is 31.7 Å². The first kappa shape index (κ1) is 11.4. The second-order valence-electron chi connectivity index (χ2n) is 4.44. The van der Waals surface area contributed by atoms with Gasteiger partial charge in [0.1, 0.15) is 16.2 Å². The van der Waals surface area contributed by atoms with Crippen molar-refractivity contribution < 1.29 is 9.90 Å². The monoisotopic (exact) mass is 263 g/mol. The first-order valence-electron chi connectivity index (χ1n) is 5.95. The third-order valence-corrected chi connectivity index (χ3v) is 3.81. The van der Waals surface area contributed by atoms with Gasteiger partial charge in [-0.05, 0) is 25.0 Å². The molecule has 94 valence electrons. The van der Waals surface area contributed by atoms with Crippen LogP contribution in [0.4, 0.5) is 5.82 Å². The van der Waals surface area contributed by atoms with Crippen LogP contribution in [0.1, 0.15) is 24.3 Å². The average Bonchev–Trinajstić information content (AvgIpc) is 3.04. The number of anilines is 1. The Bertz CT molecular complexity index is 592. The summed E-state index contributed by atoms with van der Waals surface area (Å²) in [6, 6.07) is 4.45. The van der Waals surface area contributed by atoms with Crippen molar-refractivity contribution in [3.63, 3.8) is 0 Å². The van der Waals surface area contributed by atoms with Crippen LogP contribution >= 0.6 is 11.3 Å². The summed E-state index contributed by atoms with van der Waals surface area (Å²) in [6.07, 6.45) is 3.02. The average molecular weight is 263 g/mol. The van der Waals surface area contributed by atoms with E-state index < -0.39 is 5.97 Å². The SMILES string of the molecule is O=C(O)CCc1nc2ccc(NC3CC3)nc2s1. The number of carboxylic acids is 1. The van der Waals surface area contributed by atoms with E-state index in [4.69, 9.17) is 5.11 Å². The number of nitrogens with one attached hydrogen (secondary N) is 1. The molecule has 0 atom stereocenters. The van der Waals surface area contributed by atoms with E-state index in [9.17, 15) is 4.79 Å². The number of aromatic nitrogens is 2. The van der Waals surface area contributed by atoms with Crippen LogP contribution in [0.3, 0.4) is 0 Å². The lowest BCUT2D eigenvalue weighted by atomic mass is 10.3. The van der Waals surface area contributed by atoms with Gasteiger partial charge in [-0.2, -0.15) is 0 Å². The van der Waals surface area contributed by atoms with Crippen LogP contribution in [0.2, 0.25) is 0 Å². The van der Waals surface area contributed by atoms with Crippen molar-refractivity contribution in [2.24, 2.45) is 0 Å². The molecule has 2 N–H and O–H groups in total. The molecule has 0 radical (unpaired) electrons. The predicted octanol–water partition coefficient (Wildman–Crippen LogP) is 2.28. The fraction of sp³-hybridized carbons (Fsp3) is 0.417. The molecule has 0 bridgehead atoms. The molecule has 1 fully saturated rings. The predicted molar refractivity (Wildman–Crippen MR) is 70.0 cm³/mol. The number of hydrogen-bond acceptors (Lipinski definition) is 5. The van der Waals surface area contributed by atoms with Gasteiger partial charge in [-0.15, -0.1) is 0 Å². The summed E-state index contributed by atoms with van der Waals surface area (Å²) < 4.78 is 0. The van der Waals surface area contributed by atoms with Gasteiger partial charge in [-0.25, -0.2) is 9.97 Å². The molecule has 6 heteroatoms. The van der Waals surface area contributed by atoms with E-state index in [-0.39, 0.29) is 6.42 Å². The minimum Gasteiger partial charge on any atom is -0.481 e. The molecular formula is C12H13N3O2S. The van der Waals surface area contributed by atoms with Crippen LogP contribution in [0.5, 0.6) is 0 Å². The van der Waals surface area contributed by atoms with Crippen LogP contribution in [-0.4, -0.2) is 27.1 Å². The van der Waals surface area contributed by atoms with Gasteiger partial charge in [0.05, 0.1) is 11.4 Å². The molecule has 0 aromatic carbocycles. The molecule has 1 saturated carbocycles. The number of aryl methyl sites for hydroxylation is 1. The Hall–Kier alpha value is -1.69. The normalized spacial score (nSPS) is 14.9. The van der Waals surface area contributed by atoms with E-state index in [1.807, 2.05) is 12.1 Å². The lowest BCUT2D eigenvalue weighted by Crippen LogP contribution is -2.02. The molecule has 18 heavy (non-hydrogen) atoms. The third kappa shape index (κ3) is 2.59. The summed E-state index contributed by atoms with van der Waals surface area (Å²) in [7, 11) is 0. The fourth-order valence-electron chi connectivity index (χ4n) is 1.70. The quantitative estimate of drug-likeness (QED) is 0.865. The number of carboxylic acid groups (broad SMARTS) is 1. The van der Waals surface area contributed by atoms with Gasteiger partial charge in [-0.1, -0.05) is 11.3 Å². The number of hydrogen-bond donors (Lipinski definition) is 2. The molecule has 0 amide bonds. The fourth-order valence-corrected chi connectivity index (χ4v) is 2.63. The van der Waals surface area contributed by atoms with Gasteiger partial charge < -0.3 is 10.4 Å². The Morgan fingerprint density at radius 3 is 3.00 bits per heavy atom. The van der Waals surface area contributed by atoms with Gasteiger partial charge in [0.25, 0.3) is 0 Å². The summed E-state index contributed by atoms with van der Waals surface area (Å²) in [5, 5.41) is 12.8. The summed E-state index contributed by atoms with van der Waals surface area (Å²) in [4.78, 5) is 20.3. The van der Waals surface area contributed by atoms with Crippen molar-refractivity contribution in [2.75, 3.05) is 5.32 Å². The minimum atomic E-state index is -0.793. The number of carbonyl (C=O) groups is 1. The molecule has 0 aliphatic heterocycles. The van der Waals surface area contributed by atoms with Crippen molar-refractivity contribution in [1.29, 1.82) is 0 Å². The number of rotatable bonds is 5. The molecule has 2 aromatic rings. The largest absolute Gasteiger partial charge is 0.481 e. The minimum absolute atomic E-state index is 0.118. The van der Waals surface area contributed by atoms with E-state index >= 15 is 0 Å². The molecule has 1 aliphatic rings. The number of pyridine rings is 1. The molecule has 5 nitrogen and oxygen atoms in total. The van der Waals surface area contributed by atoms with Crippen molar-refractivity contribution >= 4 is 33.5 Å². The molecule has 1 aliphatic carbocycles. The standard InChI is InChI=1S/C12H13N3O2S/c16-11(17)6-5-10-14-8-3-4-9(13-7-1-2-7)15-12(8)18-10/h3-4,7H,1-2,5-6H2,(H,13,15)(H,16,17). The van der Waals surface area contributed by atoms with Gasteiger partial charge >= 0.3 is 5.97 Å². The van der Waals surface area contributed by atoms with Crippen molar-refractivity contribution in [1.82, 2.24) is 9.97 Å². The van der Waals surface area contributed by atoms with E-state index in [1.54, 1.807) is 0 Å². The highest BCUT2D eigenvalue weighted by atomic mass is 32.1. The maximum absolute atomic E-state index is 10.5. The highest BCUT2D eigenvalue weighted by Crippen LogP contribution is 2.27. The Balaban J connectivity index is 1.79. The summed E-state index contributed by atoms with van der Waals surface area (Å²) in [6.45, 7) is 0. The maximum Gasteiger partial charge on any atom is 0.303 e. The molecule has 0 spiro atoms. The molecule has 2 aromatic heterocycles. The van der Waals surface area contributed by atoms with Crippen molar-refractivity contribution in [3.8, 4) is 0 Å². The Labute approximate surface area is 108 Å². The topological polar surface area (TPSA) is 75.1 Å². The number of thiazole rings is 1. The van der Waals surface area contributed by atoms with Crippen LogP contribution in [-0.2, 0) is 11.2 Å². The van der Waals surface area contributed by atoms with Gasteiger partial charge in [0, 0.05) is 12.5 Å². The third-order valence-electron chi connectivity index (χ3n) is 2.78. The Morgan fingerprint density at radius 1 is 1.44 bits per heavy atom. The molecule has 0 unspecified atom stereocenters. The maximum atomic E-state index is 10.5. The van der Waals surface area contributed by atoms with Crippen LogP contribution in [0, 0.1) is 0 Å². The van der Waals surface area contributed by atoms with Gasteiger partial charge in [-0.3, -0.25) is 4.79 Å². The Morgan fingerprint density at radius 2 is 2.28 bits per heavy atom. The van der Waals surface area contributed by atoms with Crippen LogP contribution < -0.4 is 5.32 Å². The lowest BCUT2D eigenvalue weighted by molar-refractivity contribution is -0.136. The first-order valence-corrected chi connectivity index (χ1v) is 6.77. The zero-order valence-corrected chi connectivity index (χ0v) is 10.5.